The predicted molar refractivity (Wildman–Crippen MR) is 58.6 cm³/mol. The molecule has 4 nitrogen and oxygen atoms in total. The number of hydrogen-bond acceptors (Lipinski definition) is 3. The molecule has 1 rings (SSSR count). The lowest BCUT2D eigenvalue weighted by atomic mass is 10.3. The van der Waals surface area contributed by atoms with Gasteiger partial charge >= 0.3 is 0 Å². The molecule has 0 aliphatic heterocycles. The number of pyridine rings is 1. The number of nitrogens with zero attached hydrogens (tertiary/aromatic N) is 1. The Labute approximate surface area is 106 Å². The minimum atomic E-state index is -3.39. The average Bonchev–Trinajstić information content (AvgIpc) is 2.29. The van der Waals surface area contributed by atoms with Gasteiger partial charge in [-0.1, -0.05) is 23.2 Å². The summed E-state index contributed by atoms with van der Waals surface area (Å²) >= 11 is 11.2. The fourth-order valence-electron chi connectivity index (χ4n) is 0.927. The number of amides is 1. The van der Waals surface area contributed by atoms with Crippen LogP contribution in [-0.4, -0.2) is 35.1 Å². The van der Waals surface area contributed by atoms with Gasteiger partial charge in [-0.3, -0.25) is 4.79 Å². The molecule has 0 aliphatic rings. The zero-order valence-corrected chi connectivity index (χ0v) is 9.90. The molecule has 0 fully saturated rings. The van der Waals surface area contributed by atoms with Gasteiger partial charge in [0.15, 0.2) is 0 Å². The van der Waals surface area contributed by atoms with Crippen LogP contribution in [-0.2, 0) is 0 Å². The zero-order valence-electron chi connectivity index (χ0n) is 8.38. The maximum atomic E-state index is 12.7. The summed E-state index contributed by atoms with van der Waals surface area (Å²) in [5.74, 6) is -4.27. The lowest BCUT2D eigenvalue weighted by Gasteiger charge is -2.13. The van der Waals surface area contributed by atoms with Crippen LogP contribution in [0.25, 0.3) is 0 Å². The number of rotatable bonds is 4. The van der Waals surface area contributed by atoms with E-state index in [1.807, 2.05) is 5.32 Å². The molecule has 1 heterocycles. The Hall–Kier alpha value is -0.980. The van der Waals surface area contributed by atoms with E-state index in [4.69, 9.17) is 28.3 Å². The van der Waals surface area contributed by atoms with Crippen molar-refractivity contribution >= 4 is 29.1 Å². The van der Waals surface area contributed by atoms with E-state index in [0.29, 0.717) is 0 Å². The largest absolute Gasteiger partial charge is 0.390 e. The van der Waals surface area contributed by atoms with Crippen LogP contribution in [0.3, 0.4) is 0 Å². The molecular weight excluding hydrogens is 277 g/mol. The quantitative estimate of drug-likeness (QED) is 0.828. The Bertz CT molecular complexity index is 429. The van der Waals surface area contributed by atoms with Crippen molar-refractivity contribution in [2.24, 2.45) is 0 Å². The van der Waals surface area contributed by atoms with E-state index in [2.05, 4.69) is 4.98 Å². The van der Waals surface area contributed by atoms with Crippen molar-refractivity contribution in [3.63, 3.8) is 0 Å². The molecule has 0 aliphatic carbocycles. The van der Waals surface area contributed by atoms with Gasteiger partial charge in [-0.2, -0.15) is 0 Å². The molecule has 0 unspecified atom stereocenters. The lowest BCUT2D eigenvalue weighted by molar-refractivity contribution is -0.0462. The third kappa shape index (κ3) is 4.07. The molecule has 2 N–H and O–H groups in total. The summed E-state index contributed by atoms with van der Waals surface area (Å²) in [5.41, 5.74) is -0.243. The molecule has 17 heavy (non-hydrogen) atoms. The molecule has 0 saturated heterocycles. The highest BCUT2D eigenvalue weighted by Gasteiger charge is 2.28. The number of carbonyl (C=O) groups is 1. The molecule has 1 aromatic rings. The Morgan fingerprint density at radius 2 is 2.12 bits per heavy atom. The summed E-state index contributed by atoms with van der Waals surface area (Å²) in [4.78, 5) is 15.1. The van der Waals surface area contributed by atoms with Crippen LogP contribution in [0.5, 0.6) is 0 Å². The zero-order chi connectivity index (χ0) is 13.1. The summed E-state index contributed by atoms with van der Waals surface area (Å²) in [6, 6.07) is 2.69. The van der Waals surface area contributed by atoms with Crippen LogP contribution < -0.4 is 5.32 Å². The highest BCUT2D eigenvalue weighted by atomic mass is 35.5. The van der Waals surface area contributed by atoms with Gasteiger partial charge in [-0.05, 0) is 12.1 Å². The van der Waals surface area contributed by atoms with E-state index in [9.17, 15) is 13.6 Å². The van der Waals surface area contributed by atoms with Gasteiger partial charge in [-0.25, -0.2) is 13.8 Å². The molecule has 0 radical (unpaired) electrons. The van der Waals surface area contributed by atoms with Gasteiger partial charge in [0.1, 0.15) is 17.5 Å². The van der Waals surface area contributed by atoms with Gasteiger partial charge in [0.05, 0.1) is 11.6 Å². The molecule has 0 spiro atoms. The summed E-state index contributed by atoms with van der Waals surface area (Å²) in [6.07, 6.45) is 0. The Balaban J connectivity index is 2.74. The number of hydrogen-bond donors (Lipinski definition) is 2. The van der Waals surface area contributed by atoms with Crippen LogP contribution in [0.15, 0.2) is 12.1 Å². The normalized spacial score (nSPS) is 11.4. The highest BCUT2D eigenvalue weighted by molar-refractivity contribution is 6.34. The third-order valence-electron chi connectivity index (χ3n) is 1.77. The van der Waals surface area contributed by atoms with Crippen molar-refractivity contribution in [1.29, 1.82) is 0 Å². The SMILES string of the molecule is O=C(NCC(F)(F)CO)c1nc(Cl)ccc1Cl. The van der Waals surface area contributed by atoms with E-state index in [-0.39, 0.29) is 15.9 Å². The monoisotopic (exact) mass is 284 g/mol. The molecule has 0 bridgehead atoms. The molecular formula is C9H8Cl2F2N2O2. The van der Waals surface area contributed by atoms with Gasteiger partial charge in [-0.15, -0.1) is 0 Å². The van der Waals surface area contributed by atoms with Crippen molar-refractivity contribution in [3.05, 3.63) is 28.0 Å². The second-order valence-corrected chi connectivity index (χ2v) is 3.96. The minimum absolute atomic E-state index is 0.000727. The third-order valence-corrected chi connectivity index (χ3v) is 2.28. The predicted octanol–water partition coefficient (Wildman–Crippen LogP) is 1.75. The molecule has 0 aromatic carbocycles. The van der Waals surface area contributed by atoms with Gasteiger partial charge in [0, 0.05) is 0 Å². The smallest absolute Gasteiger partial charge is 0.287 e. The fraction of sp³-hybridized carbons (Fsp3) is 0.333. The number of aliphatic hydroxyl groups excluding tert-OH is 1. The van der Waals surface area contributed by atoms with E-state index in [0.717, 1.165) is 0 Å². The number of aromatic nitrogens is 1. The van der Waals surface area contributed by atoms with Crippen LogP contribution in [0, 0.1) is 0 Å². The Morgan fingerprint density at radius 3 is 2.71 bits per heavy atom. The van der Waals surface area contributed by atoms with Crippen molar-refractivity contribution in [1.82, 2.24) is 10.3 Å². The molecule has 0 saturated carbocycles. The summed E-state index contributed by atoms with van der Waals surface area (Å²) in [6.45, 7) is -2.36. The van der Waals surface area contributed by atoms with E-state index in [1.54, 1.807) is 0 Å². The molecule has 94 valence electrons. The first kappa shape index (κ1) is 14.1. The molecule has 8 heteroatoms. The van der Waals surface area contributed by atoms with E-state index >= 15 is 0 Å². The number of halogens is 4. The number of nitrogens with one attached hydrogen (secondary N) is 1. The van der Waals surface area contributed by atoms with Crippen LogP contribution in [0.1, 0.15) is 10.5 Å². The lowest BCUT2D eigenvalue weighted by Crippen LogP contribution is -2.39. The number of carbonyl (C=O) groups excluding carboxylic acids is 1. The Kier molecular flexibility index (Phi) is 4.62. The molecule has 1 amide bonds. The van der Waals surface area contributed by atoms with Crippen molar-refractivity contribution in [3.8, 4) is 0 Å². The maximum absolute atomic E-state index is 12.7. The summed E-state index contributed by atoms with van der Waals surface area (Å²) in [7, 11) is 0. The van der Waals surface area contributed by atoms with Crippen molar-refractivity contribution in [2.45, 2.75) is 5.92 Å². The van der Waals surface area contributed by atoms with Gasteiger partial charge in [0.25, 0.3) is 11.8 Å². The van der Waals surface area contributed by atoms with Gasteiger partial charge in [0.2, 0.25) is 0 Å². The standard InChI is InChI=1S/C9H8Cl2F2N2O2/c10-5-1-2-6(11)15-7(5)8(17)14-3-9(12,13)4-16/h1-2,16H,3-4H2,(H,14,17). The van der Waals surface area contributed by atoms with Crippen molar-refractivity contribution in [2.75, 3.05) is 13.2 Å². The summed E-state index contributed by atoms with van der Waals surface area (Å²) in [5, 5.41) is 10.2. The van der Waals surface area contributed by atoms with E-state index < -0.39 is 25.0 Å². The first-order valence-corrected chi connectivity index (χ1v) is 5.20. The first-order chi connectivity index (χ1) is 7.85. The first-order valence-electron chi connectivity index (χ1n) is 4.44. The number of aliphatic hydroxyl groups is 1. The minimum Gasteiger partial charge on any atom is -0.390 e. The Morgan fingerprint density at radius 1 is 1.47 bits per heavy atom. The molecule has 0 atom stereocenters. The van der Waals surface area contributed by atoms with Crippen LogP contribution >= 0.6 is 23.2 Å². The van der Waals surface area contributed by atoms with Gasteiger partial charge < -0.3 is 10.4 Å². The summed E-state index contributed by atoms with van der Waals surface area (Å²) < 4.78 is 25.3. The average molecular weight is 285 g/mol. The second kappa shape index (κ2) is 5.57. The molecule has 1 aromatic heterocycles. The van der Waals surface area contributed by atoms with Crippen LogP contribution in [0.4, 0.5) is 8.78 Å². The van der Waals surface area contributed by atoms with E-state index in [1.165, 1.54) is 12.1 Å². The highest BCUT2D eigenvalue weighted by Crippen LogP contribution is 2.17. The second-order valence-electron chi connectivity index (χ2n) is 3.16. The maximum Gasteiger partial charge on any atom is 0.287 e. The fourth-order valence-corrected chi connectivity index (χ4v) is 1.27. The van der Waals surface area contributed by atoms with Crippen molar-refractivity contribution < 1.29 is 18.7 Å². The number of alkyl halides is 2. The topological polar surface area (TPSA) is 62.2 Å². The van der Waals surface area contributed by atoms with Crippen LogP contribution in [0.2, 0.25) is 10.2 Å².